The van der Waals surface area contributed by atoms with Crippen LogP contribution in [0.1, 0.15) is 30.3 Å². The molecule has 1 aromatic heterocycles. The van der Waals surface area contributed by atoms with Crippen LogP contribution in [0, 0.1) is 11.6 Å². The Morgan fingerprint density at radius 2 is 2.18 bits per heavy atom. The van der Waals surface area contributed by atoms with Gasteiger partial charge < -0.3 is 10.4 Å². The van der Waals surface area contributed by atoms with Gasteiger partial charge in [0.05, 0.1) is 0 Å². The normalized spacial score (nSPS) is 12.2. The summed E-state index contributed by atoms with van der Waals surface area (Å²) in [5.41, 5.74) is 0.664. The number of halogens is 2. The Morgan fingerprint density at radius 3 is 2.86 bits per heavy atom. The van der Waals surface area contributed by atoms with Gasteiger partial charge in [0, 0.05) is 23.6 Å². The monoisotopic (exact) mass is 326 g/mol. The molecular formula is C15H16F2N2O2S. The fourth-order valence-electron chi connectivity index (χ4n) is 1.91. The number of aliphatic hydroxyl groups excluding tert-OH is 1. The first-order valence-electron chi connectivity index (χ1n) is 6.84. The minimum atomic E-state index is -0.948. The van der Waals surface area contributed by atoms with Gasteiger partial charge in [0.25, 0.3) is 5.91 Å². The van der Waals surface area contributed by atoms with Gasteiger partial charge >= 0.3 is 0 Å². The van der Waals surface area contributed by atoms with Crippen LogP contribution in [0.2, 0.25) is 0 Å². The Bertz CT molecular complexity index is 661. The lowest BCUT2D eigenvalue weighted by molar-refractivity contribution is 0.0932. The first-order valence-corrected chi connectivity index (χ1v) is 7.72. The zero-order valence-electron chi connectivity index (χ0n) is 12.0. The summed E-state index contributed by atoms with van der Waals surface area (Å²) in [4.78, 5) is 16.2. The molecule has 1 atom stereocenters. The number of nitrogens with zero attached hydrogens (tertiary/aromatic N) is 1. The van der Waals surface area contributed by atoms with Crippen LogP contribution in [0.4, 0.5) is 8.78 Å². The molecule has 0 saturated heterocycles. The van der Waals surface area contributed by atoms with E-state index in [-0.39, 0.29) is 24.2 Å². The summed E-state index contributed by atoms with van der Waals surface area (Å²) < 4.78 is 26.1. The van der Waals surface area contributed by atoms with Crippen LogP contribution in [0.3, 0.4) is 0 Å². The van der Waals surface area contributed by atoms with Gasteiger partial charge in [-0.1, -0.05) is 0 Å². The summed E-state index contributed by atoms with van der Waals surface area (Å²) in [6.07, 6.45) is 1.28. The first-order chi connectivity index (χ1) is 10.5. The maximum absolute atomic E-state index is 13.2. The smallest absolute Gasteiger partial charge is 0.270 e. The highest BCUT2D eigenvalue weighted by molar-refractivity contribution is 7.13. The van der Waals surface area contributed by atoms with Crippen molar-refractivity contribution >= 4 is 17.2 Å². The Kier molecular flexibility index (Phi) is 5.57. The third-order valence-electron chi connectivity index (χ3n) is 3.08. The van der Waals surface area contributed by atoms with E-state index in [4.69, 9.17) is 5.11 Å². The number of benzene rings is 1. The maximum Gasteiger partial charge on any atom is 0.270 e. The maximum atomic E-state index is 13.2. The molecule has 118 valence electrons. The fourth-order valence-corrected chi connectivity index (χ4v) is 2.70. The molecule has 22 heavy (non-hydrogen) atoms. The highest BCUT2D eigenvalue weighted by atomic mass is 32.1. The largest absolute Gasteiger partial charge is 0.396 e. The van der Waals surface area contributed by atoms with E-state index in [1.54, 1.807) is 5.38 Å². The number of nitrogens with one attached hydrogen (secondary N) is 1. The molecule has 2 rings (SSSR count). The van der Waals surface area contributed by atoms with Crippen LogP contribution in [0.15, 0.2) is 23.6 Å². The molecule has 1 heterocycles. The average Bonchev–Trinajstić information content (AvgIpc) is 2.98. The molecule has 0 bridgehead atoms. The van der Waals surface area contributed by atoms with Crippen molar-refractivity contribution in [3.8, 4) is 10.6 Å². The second-order valence-corrected chi connectivity index (χ2v) is 5.77. The zero-order chi connectivity index (χ0) is 16.1. The number of carbonyl (C=O) groups excluding carboxylic acids is 1. The summed E-state index contributed by atoms with van der Waals surface area (Å²) >= 11 is 1.19. The summed E-state index contributed by atoms with van der Waals surface area (Å²) in [5, 5.41) is 13.6. The van der Waals surface area contributed by atoms with Crippen LogP contribution in [-0.4, -0.2) is 28.6 Å². The standard InChI is InChI=1S/C15H16F2N2O2S/c1-9(3-2-6-20)18-14(21)13-8-22-15(19-13)10-4-5-11(16)12(17)7-10/h4-5,7-9,20H,2-3,6H2,1H3,(H,18,21). The molecule has 0 aliphatic heterocycles. The van der Waals surface area contributed by atoms with Crippen LogP contribution >= 0.6 is 11.3 Å². The molecule has 0 aliphatic rings. The number of hydrogen-bond donors (Lipinski definition) is 2. The van der Waals surface area contributed by atoms with Crippen molar-refractivity contribution in [3.63, 3.8) is 0 Å². The van der Waals surface area contributed by atoms with Crippen molar-refractivity contribution in [1.29, 1.82) is 0 Å². The highest BCUT2D eigenvalue weighted by Gasteiger charge is 2.15. The number of aromatic nitrogens is 1. The quantitative estimate of drug-likeness (QED) is 0.858. The lowest BCUT2D eigenvalue weighted by Crippen LogP contribution is -2.32. The predicted octanol–water partition coefficient (Wildman–Crippen LogP) is 2.98. The van der Waals surface area contributed by atoms with E-state index < -0.39 is 11.6 Å². The van der Waals surface area contributed by atoms with Crippen molar-refractivity contribution in [2.24, 2.45) is 0 Å². The van der Waals surface area contributed by atoms with Crippen molar-refractivity contribution in [2.75, 3.05) is 6.61 Å². The van der Waals surface area contributed by atoms with Crippen molar-refractivity contribution in [1.82, 2.24) is 10.3 Å². The van der Waals surface area contributed by atoms with Gasteiger partial charge in [-0.25, -0.2) is 13.8 Å². The number of rotatable bonds is 6. The van der Waals surface area contributed by atoms with E-state index in [1.807, 2.05) is 6.92 Å². The van der Waals surface area contributed by atoms with Crippen LogP contribution in [0.25, 0.3) is 10.6 Å². The molecule has 7 heteroatoms. The lowest BCUT2D eigenvalue weighted by Gasteiger charge is -2.11. The van der Waals surface area contributed by atoms with Crippen LogP contribution < -0.4 is 5.32 Å². The number of hydrogen-bond acceptors (Lipinski definition) is 4. The van der Waals surface area contributed by atoms with E-state index in [1.165, 1.54) is 17.4 Å². The summed E-state index contributed by atoms with van der Waals surface area (Å²) in [6.45, 7) is 1.92. The Labute approximate surface area is 130 Å². The molecule has 1 amide bonds. The molecule has 4 nitrogen and oxygen atoms in total. The van der Waals surface area contributed by atoms with Crippen LogP contribution in [-0.2, 0) is 0 Å². The minimum Gasteiger partial charge on any atom is -0.396 e. The second kappa shape index (κ2) is 7.42. The summed E-state index contributed by atoms with van der Waals surface area (Å²) in [7, 11) is 0. The van der Waals surface area contributed by atoms with E-state index in [2.05, 4.69) is 10.3 Å². The predicted molar refractivity (Wildman–Crippen MR) is 80.7 cm³/mol. The second-order valence-electron chi connectivity index (χ2n) is 4.91. The number of thiazole rings is 1. The first kappa shape index (κ1) is 16.5. The van der Waals surface area contributed by atoms with E-state index >= 15 is 0 Å². The molecule has 0 aliphatic carbocycles. The molecule has 0 fully saturated rings. The third-order valence-corrected chi connectivity index (χ3v) is 3.97. The Balaban J connectivity index is 2.07. The van der Waals surface area contributed by atoms with E-state index in [0.29, 0.717) is 23.4 Å². The lowest BCUT2D eigenvalue weighted by atomic mass is 10.2. The number of carbonyl (C=O) groups is 1. The molecule has 0 saturated carbocycles. The molecule has 0 radical (unpaired) electrons. The van der Waals surface area contributed by atoms with Crippen molar-refractivity contribution in [3.05, 3.63) is 40.9 Å². The topological polar surface area (TPSA) is 62.2 Å². The molecule has 0 spiro atoms. The summed E-state index contributed by atoms with van der Waals surface area (Å²) in [6, 6.07) is 3.43. The van der Waals surface area contributed by atoms with Crippen LogP contribution in [0.5, 0.6) is 0 Å². The van der Waals surface area contributed by atoms with E-state index in [0.717, 1.165) is 12.1 Å². The molecular weight excluding hydrogens is 310 g/mol. The number of aliphatic hydroxyl groups is 1. The third kappa shape index (κ3) is 4.08. The van der Waals surface area contributed by atoms with E-state index in [9.17, 15) is 13.6 Å². The fraction of sp³-hybridized carbons (Fsp3) is 0.333. The zero-order valence-corrected chi connectivity index (χ0v) is 12.8. The van der Waals surface area contributed by atoms with Crippen molar-refractivity contribution < 1.29 is 18.7 Å². The van der Waals surface area contributed by atoms with Gasteiger partial charge in [-0.3, -0.25) is 4.79 Å². The van der Waals surface area contributed by atoms with Gasteiger partial charge in [-0.15, -0.1) is 11.3 Å². The Morgan fingerprint density at radius 1 is 1.41 bits per heavy atom. The van der Waals surface area contributed by atoms with Gasteiger partial charge in [-0.2, -0.15) is 0 Å². The molecule has 1 unspecified atom stereocenters. The SMILES string of the molecule is CC(CCCO)NC(=O)c1csc(-c2ccc(F)c(F)c2)n1. The molecule has 2 N–H and O–H groups in total. The van der Waals surface area contributed by atoms with Crippen molar-refractivity contribution in [2.45, 2.75) is 25.8 Å². The van der Waals surface area contributed by atoms with Gasteiger partial charge in [0.1, 0.15) is 10.7 Å². The number of amides is 1. The highest BCUT2D eigenvalue weighted by Crippen LogP contribution is 2.25. The Hall–Kier alpha value is -1.86. The summed E-state index contributed by atoms with van der Waals surface area (Å²) in [5.74, 6) is -2.19. The minimum absolute atomic E-state index is 0.0759. The molecule has 1 aromatic carbocycles. The van der Waals surface area contributed by atoms with Gasteiger partial charge in [-0.05, 0) is 38.0 Å². The van der Waals surface area contributed by atoms with Gasteiger partial charge in [0.15, 0.2) is 11.6 Å². The van der Waals surface area contributed by atoms with Gasteiger partial charge in [0.2, 0.25) is 0 Å². The molecule has 2 aromatic rings. The average molecular weight is 326 g/mol.